The van der Waals surface area contributed by atoms with E-state index < -0.39 is 23.4 Å². The lowest BCUT2D eigenvalue weighted by Crippen LogP contribution is -2.28. The van der Waals surface area contributed by atoms with E-state index in [-0.39, 0.29) is 12.2 Å². The van der Waals surface area contributed by atoms with E-state index in [0.717, 1.165) is 11.6 Å². The monoisotopic (exact) mass is 374 g/mol. The first kappa shape index (κ1) is 19.1. The van der Waals surface area contributed by atoms with Gasteiger partial charge in [0.2, 0.25) is 0 Å². The molecule has 0 aliphatic rings. The number of halogens is 1. The number of benzene rings is 2. The van der Waals surface area contributed by atoms with Crippen molar-refractivity contribution in [3.05, 3.63) is 80.9 Å². The molecule has 0 spiro atoms. The Morgan fingerprint density at radius 3 is 2.69 bits per heavy atom. The van der Waals surface area contributed by atoms with Crippen molar-refractivity contribution in [2.24, 2.45) is 0 Å². The van der Waals surface area contributed by atoms with Crippen molar-refractivity contribution in [2.45, 2.75) is 6.54 Å². The van der Waals surface area contributed by atoms with Crippen LogP contribution < -0.4 is 5.32 Å². The quantitative estimate of drug-likeness (QED) is 0.347. The number of hydrogen-bond acceptors (Lipinski definition) is 5. The molecule has 8 heteroatoms. The zero-order chi connectivity index (χ0) is 18.9. The van der Waals surface area contributed by atoms with E-state index >= 15 is 0 Å². The minimum absolute atomic E-state index is 0.0838. The molecule has 0 radical (unpaired) electrons. The van der Waals surface area contributed by atoms with Crippen molar-refractivity contribution in [3.63, 3.8) is 0 Å². The molecule has 0 heterocycles. The summed E-state index contributed by atoms with van der Waals surface area (Å²) in [5, 5.41) is 13.8. The number of nitrogens with one attached hydrogen (secondary N) is 1. The number of carbonyl (C=O) groups excluding carboxylic acids is 2. The number of nitro benzene ring substituents is 1. The van der Waals surface area contributed by atoms with Crippen molar-refractivity contribution in [1.29, 1.82) is 0 Å². The predicted octanol–water partition coefficient (Wildman–Crippen LogP) is 3.12. The Kier molecular flexibility index (Phi) is 6.87. The van der Waals surface area contributed by atoms with Gasteiger partial charge in [-0.1, -0.05) is 41.9 Å². The predicted molar refractivity (Wildman–Crippen MR) is 96.4 cm³/mol. The fraction of sp³-hybridized carbons (Fsp3) is 0.111. The van der Waals surface area contributed by atoms with E-state index in [1.54, 1.807) is 30.3 Å². The van der Waals surface area contributed by atoms with Gasteiger partial charge in [-0.3, -0.25) is 14.9 Å². The summed E-state index contributed by atoms with van der Waals surface area (Å²) in [6, 6.07) is 12.8. The van der Waals surface area contributed by atoms with Gasteiger partial charge in [0.1, 0.15) is 0 Å². The molecule has 26 heavy (non-hydrogen) atoms. The minimum atomic E-state index is -0.732. The maximum absolute atomic E-state index is 11.7. The molecule has 0 unspecified atom stereocenters. The standard InChI is InChI=1S/C18H15ClN2O5/c19-16-7-2-1-5-14(16)11-20-17(22)12-26-18(23)9-8-13-4-3-6-15(10-13)21(24)25/h1-10H,11-12H2,(H,20,22)/b9-8+. The summed E-state index contributed by atoms with van der Waals surface area (Å²) in [6.45, 7) is -0.220. The zero-order valence-corrected chi connectivity index (χ0v) is 14.3. The van der Waals surface area contributed by atoms with Crippen LogP contribution in [0.3, 0.4) is 0 Å². The molecule has 2 aromatic carbocycles. The SMILES string of the molecule is O=C(COC(=O)/C=C/c1cccc([N+](=O)[O-])c1)NCc1ccccc1Cl. The minimum Gasteiger partial charge on any atom is -0.452 e. The maximum Gasteiger partial charge on any atom is 0.331 e. The summed E-state index contributed by atoms with van der Waals surface area (Å²) in [6.07, 6.45) is 2.47. The molecule has 2 aromatic rings. The van der Waals surface area contributed by atoms with Gasteiger partial charge >= 0.3 is 5.97 Å². The molecule has 0 atom stereocenters. The molecule has 0 fully saturated rings. The highest BCUT2D eigenvalue weighted by atomic mass is 35.5. The number of rotatable bonds is 7. The number of esters is 1. The molecule has 2 rings (SSSR count). The second-order valence-electron chi connectivity index (χ2n) is 5.16. The van der Waals surface area contributed by atoms with Gasteiger partial charge in [0.25, 0.3) is 11.6 Å². The first-order valence-electron chi connectivity index (χ1n) is 7.55. The zero-order valence-electron chi connectivity index (χ0n) is 13.6. The van der Waals surface area contributed by atoms with Gasteiger partial charge in [-0.05, 0) is 23.3 Å². The molecule has 0 saturated carbocycles. The molecule has 0 saturated heterocycles. The second-order valence-corrected chi connectivity index (χ2v) is 5.57. The summed E-state index contributed by atoms with van der Waals surface area (Å²) in [5.41, 5.74) is 1.14. The van der Waals surface area contributed by atoms with Gasteiger partial charge in [-0.15, -0.1) is 0 Å². The van der Waals surface area contributed by atoms with E-state index in [0.29, 0.717) is 10.6 Å². The van der Waals surface area contributed by atoms with Gasteiger partial charge in [-0.2, -0.15) is 0 Å². The molecule has 134 valence electrons. The highest BCUT2D eigenvalue weighted by Gasteiger charge is 2.07. The van der Waals surface area contributed by atoms with Gasteiger partial charge < -0.3 is 10.1 Å². The molecular formula is C18H15ClN2O5. The number of non-ortho nitro benzene ring substituents is 1. The summed E-state index contributed by atoms with van der Waals surface area (Å²) in [7, 11) is 0. The highest BCUT2D eigenvalue weighted by molar-refractivity contribution is 6.31. The molecule has 0 bridgehead atoms. The molecule has 0 aliphatic carbocycles. The van der Waals surface area contributed by atoms with Crippen LogP contribution in [0.15, 0.2) is 54.6 Å². The third kappa shape index (κ3) is 6.03. The number of ether oxygens (including phenoxy) is 1. The van der Waals surface area contributed by atoms with Gasteiger partial charge in [0.15, 0.2) is 6.61 Å². The van der Waals surface area contributed by atoms with Crippen molar-refractivity contribution in [2.75, 3.05) is 6.61 Å². The fourth-order valence-corrected chi connectivity index (χ4v) is 2.18. The fourth-order valence-electron chi connectivity index (χ4n) is 1.98. The Balaban J connectivity index is 1.79. The van der Waals surface area contributed by atoms with Gasteiger partial charge in [0, 0.05) is 29.8 Å². The number of nitrogens with zero attached hydrogens (tertiary/aromatic N) is 1. The maximum atomic E-state index is 11.7. The van der Waals surface area contributed by atoms with E-state index in [9.17, 15) is 19.7 Å². The third-order valence-electron chi connectivity index (χ3n) is 3.27. The highest BCUT2D eigenvalue weighted by Crippen LogP contribution is 2.15. The first-order valence-corrected chi connectivity index (χ1v) is 7.93. The third-order valence-corrected chi connectivity index (χ3v) is 3.64. The molecule has 7 nitrogen and oxygen atoms in total. The Bertz CT molecular complexity index is 851. The normalized spacial score (nSPS) is 10.5. The topological polar surface area (TPSA) is 98.5 Å². The molecule has 1 amide bonds. The summed E-state index contributed by atoms with van der Waals surface area (Å²) in [5.74, 6) is -1.20. The number of nitro groups is 1. The van der Waals surface area contributed by atoms with E-state index in [1.807, 2.05) is 0 Å². The van der Waals surface area contributed by atoms with Crippen molar-refractivity contribution >= 4 is 35.2 Å². The van der Waals surface area contributed by atoms with Crippen LogP contribution in [0.2, 0.25) is 5.02 Å². The average molecular weight is 375 g/mol. The second kappa shape index (κ2) is 9.33. The van der Waals surface area contributed by atoms with Crippen LogP contribution in [-0.2, 0) is 20.9 Å². The lowest BCUT2D eigenvalue weighted by molar-refractivity contribution is -0.384. The van der Waals surface area contributed by atoms with Gasteiger partial charge in [0.05, 0.1) is 4.92 Å². The average Bonchev–Trinajstić information content (AvgIpc) is 2.64. The largest absolute Gasteiger partial charge is 0.452 e. The van der Waals surface area contributed by atoms with Crippen LogP contribution in [0, 0.1) is 10.1 Å². The Hall–Kier alpha value is -3.19. The van der Waals surface area contributed by atoms with Crippen molar-refractivity contribution in [1.82, 2.24) is 5.32 Å². The summed E-state index contributed by atoms with van der Waals surface area (Å²) >= 11 is 5.98. The van der Waals surface area contributed by atoms with Crippen LogP contribution in [0.5, 0.6) is 0 Å². The number of amides is 1. The van der Waals surface area contributed by atoms with Crippen LogP contribution in [-0.4, -0.2) is 23.4 Å². The molecule has 0 aromatic heterocycles. The molecule has 0 aliphatic heterocycles. The van der Waals surface area contributed by atoms with Crippen LogP contribution in [0.25, 0.3) is 6.08 Å². The van der Waals surface area contributed by atoms with Crippen LogP contribution in [0.4, 0.5) is 5.69 Å². The van der Waals surface area contributed by atoms with E-state index in [2.05, 4.69) is 5.32 Å². The Morgan fingerprint density at radius 1 is 1.19 bits per heavy atom. The number of hydrogen-bond donors (Lipinski definition) is 1. The lowest BCUT2D eigenvalue weighted by atomic mass is 10.2. The van der Waals surface area contributed by atoms with E-state index in [1.165, 1.54) is 24.3 Å². The van der Waals surface area contributed by atoms with Crippen LogP contribution >= 0.6 is 11.6 Å². The number of carbonyl (C=O) groups is 2. The van der Waals surface area contributed by atoms with E-state index in [4.69, 9.17) is 16.3 Å². The van der Waals surface area contributed by atoms with Crippen LogP contribution in [0.1, 0.15) is 11.1 Å². The Labute approximate surface area is 154 Å². The Morgan fingerprint density at radius 2 is 1.96 bits per heavy atom. The van der Waals surface area contributed by atoms with Crippen molar-refractivity contribution < 1.29 is 19.2 Å². The summed E-state index contributed by atoms with van der Waals surface area (Å²) in [4.78, 5) is 33.5. The van der Waals surface area contributed by atoms with Gasteiger partial charge in [-0.25, -0.2) is 4.79 Å². The molecular weight excluding hydrogens is 360 g/mol. The summed E-state index contributed by atoms with van der Waals surface area (Å²) < 4.78 is 4.82. The van der Waals surface area contributed by atoms with Crippen molar-refractivity contribution in [3.8, 4) is 0 Å². The molecule has 1 N–H and O–H groups in total. The first-order chi connectivity index (χ1) is 12.5. The lowest BCUT2D eigenvalue weighted by Gasteiger charge is -2.06. The smallest absolute Gasteiger partial charge is 0.331 e.